The zero-order valence-electron chi connectivity index (χ0n) is 15.3. The molecule has 2 heterocycles. The van der Waals surface area contributed by atoms with Gasteiger partial charge in [0.1, 0.15) is 0 Å². The molecule has 1 aromatic rings. The molecular formula is C19H31Cl2N3O2. The molecule has 0 radical (unpaired) electrons. The number of nitrogens with two attached hydrogens (primary N) is 1. The van der Waals surface area contributed by atoms with Gasteiger partial charge in [-0.1, -0.05) is 30.3 Å². The average molecular weight is 404 g/mol. The lowest BCUT2D eigenvalue weighted by atomic mass is 9.96. The van der Waals surface area contributed by atoms with Crippen molar-refractivity contribution < 1.29 is 9.53 Å². The van der Waals surface area contributed by atoms with Crippen LogP contribution in [-0.4, -0.2) is 48.7 Å². The lowest BCUT2D eigenvalue weighted by molar-refractivity contribution is -0.124. The van der Waals surface area contributed by atoms with Gasteiger partial charge >= 0.3 is 0 Å². The first-order valence-corrected chi connectivity index (χ1v) is 9.01. The van der Waals surface area contributed by atoms with Crippen LogP contribution in [0.2, 0.25) is 0 Å². The maximum Gasteiger partial charge on any atom is 0.222 e. The molecule has 26 heavy (non-hydrogen) atoms. The van der Waals surface area contributed by atoms with E-state index in [0.717, 1.165) is 19.4 Å². The number of hydrogen-bond donors (Lipinski definition) is 2. The smallest absolute Gasteiger partial charge is 0.222 e. The molecule has 148 valence electrons. The van der Waals surface area contributed by atoms with Gasteiger partial charge in [0.2, 0.25) is 5.91 Å². The van der Waals surface area contributed by atoms with Crippen molar-refractivity contribution in [1.82, 2.24) is 10.2 Å². The summed E-state index contributed by atoms with van der Waals surface area (Å²) in [4.78, 5) is 14.8. The van der Waals surface area contributed by atoms with Crippen LogP contribution < -0.4 is 11.1 Å². The van der Waals surface area contributed by atoms with Crippen molar-refractivity contribution in [3.8, 4) is 0 Å². The van der Waals surface area contributed by atoms with E-state index in [1.54, 1.807) is 7.11 Å². The first kappa shape index (κ1) is 23.2. The summed E-state index contributed by atoms with van der Waals surface area (Å²) in [5.41, 5.74) is 6.98. The predicted molar refractivity (Wildman–Crippen MR) is 109 cm³/mol. The maximum absolute atomic E-state index is 12.2. The molecule has 2 bridgehead atoms. The Morgan fingerprint density at radius 1 is 1.23 bits per heavy atom. The first-order chi connectivity index (χ1) is 11.7. The van der Waals surface area contributed by atoms with Crippen LogP contribution in [0.15, 0.2) is 30.3 Å². The van der Waals surface area contributed by atoms with Gasteiger partial charge in [0.05, 0.1) is 12.5 Å². The number of amides is 1. The summed E-state index contributed by atoms with van der Waals surface area (Å²) in [7, 11) is 1.60. The number of ether oxygens (including phenoxy) is 1. The number of carbonyl (C=O) groups excluding carboxylic acids is 1. The highest BCUT2D eigenvalue weighted by Gasteiger charge is 2.40. The quantitative estimate of drug-likeness (QED) is 0.733. The van der Waals surface area contributed by atoms with E-state index < -0.39 is 0 Å². The molecule has 5 nitrogen and oxygen atoms in total. The van der Waals surface area contributed by atoms with Gasteiger partial charge in [0, 0.05) is 38.3 Å². The molecule has 0 aromatic heterocycles. The van der Waals surface area contributed by atoms with E-state index in [-0.39, 0.29) is 42.9 Å². The number of methoxy groups -OCH3 is 1. The normalized spacial score (nSPS) is 25.7. The average Bonchev–Trinajstić information content (AvgIpc) is 2.82. The minimum Gasteiger partial charge on any atom is -0.380 e. The highest BCUT2D eigenvalue weighted by molar-refractivity contribution is 5.85. The highest BCUT2D eigenvalue weighted by Crippen LogP contribution is 2.36. The van der Waals surface area contributed by atoms with Gasteiger partial charge in [-0.05, 0) is 31.2 Å². The third-order valence-corrected chi connectivity index (χ3v) is 5.47. The van der Waals surface area contributed by atoms with Gasteiger partial charge < -0.3 is 15.8 Å². The number of fused-ring (bicyclic) bond motifs is 2. The van der Waals surface area contributed by atoms with E-state index in [0.29, 0.717) is 25.0 Å². The van der Waals surface area contributed by atoms with Gasteiger partial charge in [0.25, 0.3) is 0 Å². The molecular weight excluding hydrogens is 373 g/mol. The Balaban J connectivity index is 0.00000169. The summed E-state index contributed by atoms with van der Waals surface area (Å²) < 4.78 is 5.20. The molecule has 0 saturated carbocycles. The minimum absolute atomic E-state index is 0. The van der Waals surface area contributed by atoms with Gasteiger partial charge in [-0.2, -0.15) is 0 Å². The summed E-state index contributed by atoms with van der Waals surface area (Å²) in [6, 6.07) is 12.1. The van der Waals surface area contributed by atoms with E-state index in [1.165, 1.54) is 18.4 Å². The van der Waals surface area contributed by atoms with E-state index >= 15 is 0 Å². The second-order valence-corrected chi connectivity index (χ2v) is 7.08. The second-order valence-electron chi connectivity index (χ2n) is 7.08. The monoisotopic (exact) mass is 403 g/mol. The molecule has 2 aliphatic heterocycles. The molecule has 3 atom stereocenters. The van der Waals surface area contributed by atoms with Crippen LogP contribution in [0.1, 0.15) is 37.7 Å². The Morgan fingerprint density at radius 3 is 2.38 bits per heavy atom. The van der Waals surface area contributed by atoms with Crippen molar-refractivity contribution in [3.63, 3.8) is 0 Å². The molecule has 0 spiro atoms. The van der Waals surface area contributed by atoms with Crippen LogP contribution >= 0.6 is 24.8 Å². The number of piperidine rings is 1. The highest BCUT2D eigenvalue weighted by atomic mass is 35.5. The van der Waals surface area contributed by atoms with E-state index in [9.17, 15) is 4.79 Å². The second kappa shape index (κ2) is 11.1. The fourth-order valence-corrected chi connectivity index (χ4v) is 4.20. The first-order valence-electron chi connectivity index (χ1n) is 9.01. The molecule has 2 saturated heterocycles. The summed E-state index contributed by atoms with van der Waals surface area (Å²) >= 11 is 0. The Kier molecular flexibility index (Phi) is 9.90. The van der Waals surface area contributed by atoms with Gasteiger partial charge in [-0.15, -0.1) is 24.8 Å². The number of nitrogens with zero attached hydrogens (tertiary/aromatic N) is 1. The number of halogens is 2. The lowest BCUT2D eigenvalue weighted by Crippen LogP contribution is -2.50. The van der Waals surface area contributed by atoms with Crippen LogP contribution in [-0.2, 0) is 16.1 Å². The molecule has 1 aromatic carbocycles. The van der Waals surface area contributed by atoms with Crippen molar-refractivity contribution in [2.75, 3.05) is 13.7 Å². The van der Waals surface area contributed by atoms with Crippen LogP contribution in [0.5, 0.6) is 0 Å². The molecule has 3 rings (SSSR count). The van der Waals surface area contributed by atoms with Crippen molar-refractivity contribution in [2.45, 2.75) is 62.9 Å². The summed E-state index contributed by atoms with van der Waals surface area (Å²) in [5, 5.41) is 3.20. The molecule has 3 unspecified atom stereocenters. The largest absolute Gasteiger partial charge is 0.380 e. The number of nitrogens with one attached hydrogen (secondary N) is 1. The number of carbonyl (C=O) groups is 1. The number of hydrogen-bond acceptors (Lipinski definition) is 4. The molecule has 2 aliphatic rings. The fraction of sp³-hybridized carbons (Fsp3) is 0.632. The number of rotatable bonds is 7. The van der Waals surface area contributed by atoms with Crippen molar-refractivity contribution >= 4 is 30.7 Å². The summed E-state index contributed by atoms with van der Waals surface area (Å²) in [6.07, 6.45) is 4.76. The van der Waals surface area contributed by atoms with E-state index in [4.69, 9.17) is 10.5 Å². The lowest BCUT2D eigenvalue weighted by Gasteiger charge is -2.39. The van der Waals surface area contributed by atoms with Crippen LogP contribution in [0.4, 0.5) is 0 Å². The Hall–Kier alpha value is -0.850. The van der Waals surface area contributed by atoms with E-state index in [2.05, 4.69) is 40.5 Å². The van der Waals surface area contributed by atoms with Gasteiger partial charge in [-0.3, -0.25) is 9.69 Å². The summed E-state index contributed by atoms with van der Waals surface area (Å²) in [5.74, 6) is 0.0632. The Morgan fingerprint density at radius 2 is 1.85 bits per heavy atom. The van der Waals surface area contributed by atoms with Crippen molar-refractivity contribution in [3.05, 3.63) is 35.9 Å². The third kappa shape index (κ3) is 5.83. The van der Waals surface area contributed by atoms with Crippen molar-refractivity contribution in [2.24, 2.45) is 5.73 Å². The molecule has 1 amide bonds. The van der Waals surface area contributed by atoms with Crippen LogP contribution in [0.3, 0.4) is 0 Å². The van der Waals surface area contributed by atoms with Gasteiger partial charge in [0.15, 0.2) is 0 Å². The molecule has 7 heteroatoms. The summed E-state index contributed by atoms with van der Waals surface area (Å²) in [6.45, 7) is 1.40. The minimum atomic E-state index is -0.181. The van der Waals surface area contributed by atoms with Crippen LogP contribution in [0, 0.1) is 0 Å². The fourth-order valence-electron chi connectivity index (χ4n) is 4.20. The SMILES string of the molecule is COC(CN)CC(=O)NC1CC2CCC(C1)N2Cc1ccccc1.Cl.Cl. The zero-order valence-corrected chi connectivity index (χ0v) is 16.9. The number of benzene rings is 1. The predicted octanol–water partition coefficient (Wildman–Crippen LogP) is 2.51. The molecule has 2 fully saturated rings. The Labute approximate surface area is 168 Å². The topological polar surface area (TPSA) is 67.6 Å². The van der Waals surface area contributed by atoms with Crippen LogP contribution in [0.25, 0.3) is 0 Å². The molecule has 3 N–H and O–H groups in total. The standard InChI is InChI=1S/C19H29N3O2.2ClH/c1-24-18(12-20)11-19(23)21-15-9-16-7-8-17(10-15)22(16)13-14-5-3-2-4-6-14;;/h2-6,15-18H,7-13,20H2,1H3,(H,21,23);2*1H. The zero-order chi connectivity index (χ0) is 16.9. The molecule has 0 aliphatic carbocycles. The maximum atomic E-state index is 12.2. The Bertz CT molecular complexity index is 529. The van der Waals surface area contributed by atoms with Crippen molar-refractivity contribution in [1.29, 1.82) is 0 Å². The van der Waals surface area contributed by atoms with E-state index in [1.807, 2.05) is 0 Å². The van der Waals surface area contributed by atoms with Gasteiger partial charge in [-0.25, -0.2) is 0 Å². The third-order valence-electron chi connectivity index (χ3n) is 5.47.